The zero-order chi connectivity index (χ0) is 13.1. The highest BCUT2D eigenvalue weighted by Crippen LogP contribution is 2.09. The predicted molar refractivity (Wildman–Crippen MR) is 65.1 cm³/mol. The molecule has 0 radical (unpaired) electrons. The van der Waals surface area contributed by atoms with E-state index in [0.717, 1.165) is 11.4 Å². The van der Waals surface area contributed by atoms with Gasteiger partial charge in [0.15, 0.2) is 0 Å². The molecule has 1 fully saturated rings. The highest BCUT2D eigenvalue weighted by Gasteiger charge is 2.27. The standard InChI is InChI=1S/C12H19N3O3/c1-9-5-10(2)15(13-9)6-12(17)14-3-4-18-8-11(14)7-16/h5,11,16H,3-4,6-8H2,1-2H3. The van der Waals surface area contributed by atoms with Crippen molar-refractivity contribution in [2.75, 3.05) is 26.4 Å². The van der Waals surface area contributed by atoms with Crippen molar-refractivity contribution in [2.45, 2.75) is 26.4 Å². The van der Waals surface area contributed by atoms with Crippen LogP contribution in [0.3, 0.4) is 0 Å². The molecule has 2 rings (SSSR count). The number of aliphatic hydroxyl groups excluding tert-OH is 1. The molecule has 6 heteroatoms. The van der Waals surface area contributed by atoms with E-state index in [4.69, 9.17) is 4.74 Å². The van der Waals surface area contributed by atoms with Crippen LogP contribution in [0.2, 0.25) is 0 Å². The smallest absolute Gasteiger partial charge is 0.244 e. The van der Waals surface area contributed by atoms with Crippen molar-refractivity contribution in [1.29, 1.82) is 0 Å². The monoisotopic (exact) mass is 253 g/mol. The molecular formula is C12H19N3O3. The van der Waals surface area contributed by atoms with E-state index in [0.29, 0.717) is 19.8 Å². The molecule has 1 aromatic rings. The summed E-state index contributed by atoms with van der Waals surface area (Å²) >= 11 is 0. The van der Waals surface area contributed by atoms with E-state index < -0.39 is 0 Å². The van der Waals surface area contributed by atoms with Gasteiger partial charge in [0.2, 0.25) is 5.91 Å². The summed E-state index contributed by atoms with van der Waals surface area (Å²) in [5.41, 5.74) is 1.87. The maximum absolute atomic E-state index is 12.2. The first kappa shape index (κ1) is 13.0. The lowest BCUT2D eigenvalue weighted by molar-refractivity contribution is -0.142. The van der Waals surface area contributed by atoms with Crippen LogP contribution in [0.1, 0.15) is 11.4 Å². The van der Waals surface area contributed by atoms with Gasteiger partial charge >= 0.3 is 0 Å². The van der Waals surface area contributed by atoms with E-state index in [1.165, 1.54) is 0 Å². The minimum atomic E-state index is -0.233. The van der Waals surface area contributed by atoms with Crippen LogP contribution < -0.4 is 0 Å². The van der Waals surface area contributed by atoms with Crippen LogP contribution in [-0.2, 0) is 16.1 Å². The number of ether oxygens (including phenoxy) is 1. The molecule has 1 saturated heterocycles. The number of carbonyl (C=O) groups is 1. The van der Waals surface area contributed by atoms with Gasteiger partial charge in [-0.2, -0.15) is 5.10 Å². The molecule has 1 unspecified atom stereocenters. The Balaban J connectivity index is 2.04. The molecule has 0 aromatic carbocycles. The highest BCUT2D eigenvalue weighted by atomic mass is 16.5. The molecule has 0 saturated carbocycles. The average molecular weight is 253 g/mol. The van der Waals surface area contributed by atoms with Gasteiger partial charge in [-0.15, -0.1) is 0 Å². The topological polar surface area (TPSA) is 67.6 Å². The van der Waals surface area contributed by atoms with Gasteiger partial charge in [-0.3, -0.25) is 9.48 Å². The van der Waals surface area contributed by atoms with E-state index >= 15 is 0 Å². The Bertz CT molecular complexity index is 430. The number of carbonyl (C=O) groups excluding carboxylic acids is 1. The second-order valence-corrected chi connectivity index (χ2v) is 4.58. The summed E-state index contributed by atoms with van der Waals surface area (Å²) in [7, 11) is 0. The van der Waals surface area contributed by atoms with Gasteiger partial charge < -0.3 is 14.7 Å². The Kier molecular flexibility index (Phi) is 3.98. The number of amides is 1. The lowest BCUT2D eigenvalue weighted by Crippen LogP contribution is -2.51. The summed E-state index contributed by atoms with van der Waals surface area (Å²) in [5, 5.41) is 13.5. The van der Waals surface area contributed by atoms with Crippen LogP contribution >= 0.6 is 0 Å². The summed E-state index contributed by atoms with van der Waals surface area (Å²) in [4.78, 5) is 13.9. The van der Waals surface area contributed by atoms with E-state index in [1.54, 1.807) is 9.58 Å². The van der Waals surface area contributed by atoms with Crippen molar-refractivity contribution in [1.82, 2.24) is 14.7 Å². The molecule has 100 valence electrons. The summed E-state index contributed by atoms with van der Waals surface area (Å²) in [6.45, 7) is 5.44. The first-order valence-electron chi connectivity index (χ1n) is 6.11. The molecular weight excluding hydrogens is 234 g/mol. The molecule has 2 heterocycles. The van der Waals surface area contributed by atoms with Crippen molar-refractivity contribution >= 4 is 5.91 Å². The third-order valence-corrected chi connectivity index (χ3v) is 3.15. The minimum absolute atomic E-state index is 0.0245. The molecule has 0 spiro atoms. The lowest BCUT2D eigenvalue weighted by Gasteiger charge is -2.34. The van der Waals surface area contributed by atoms with Gasteiger partial charge in [0.05, 0.1) is 31.6 Å². The largest absolute Gasteiger partial charge is 0.394 e. The van der Waals surface area contributed by atoms with Crippen LogP contribution in [0.5, 0.6) is 0 Å². The highest BCUT2D eigenvalue weighted by molar-refractivity contribution is 5.76. The number of morpholine rings is 1. The Morgan fingerprint density at radius 3 is 3.00 bits per heavy atom. The van der Waals surface area contributed by atoms with E-state index in [-0.39, 0.29) is 25.1 Å². The van der Waals surface area contributed by atoms with Crippen LogP contribution in [0.15, 0.2) is 6.07 Å². The third kappa shape index (κ3) is 2.70. The SMILES string of the molecule is Cc1cc(C)n(CC(=O)N2CCOCC2CO)n1. The summed E-state index contributed by atoms with van der Waals surface area (Å²) < 4.78 is 6.95. The summed E-state index contributed by atoms with van der Waals surface area (Å²) in [5.74, 6) is -0.0245. The normalized spacial score (nSPS) is 20.2. The zero-order valence-corrected chi connectivity index (χ0v) is 10.8. The number of aryl methyl sites for hydroxylation is 2. The van der Waals surface area contributed by atoms with Gasteiger partial charge in [0, 0.05) is 12.2 Å². The van der Waals surface area contributed by atoms with Gasteiger partial charge in [0.1, 0.15) is 6.54 Å². The lowest BCUT2D eigenvalue weighted by atomic mass is 10.2. The Morgan fingerprint density at radius 1 is 1.61 bits per heavy atom. The minimum Gasteiger partial charge on any atom is -0.394 e. The fourth-order valence-electron chi connectivity index (χ4n) is 2.19. The maximum atomic E-state index is 12.2. The van der Waals surface area contributed by atoms with Crippen molar-refractivity contribution in [3.05, 3.63) is 17.5 Å². The van der Waals surface area contributed by atoms with E-state index in [2.05, 4.69) is 5.10 Å². The van der Waals surface area contributed by atoms with Crippen molar-refractivity contribution < 1.29 is 14.6 Å². The first-order chi connectivity index (χ1) is 8.61. The molecule has 1 aliphatic heterocycles. The summed E-state index contributed by atoms with van der Waals surface area (Å²) in [6.07, 6.45) is 0. The van der Waals surface area contributed by atoms with Gasteiger partial charge in [-0.1, -0.05) is 0 Å². The summed E-state index contributed by atoms with van der Waals surface area (Å²) in [6, 6.07) is 1.71. The number of rotatable bonds is 3. The number of hydrogen-bond acceptors (Lipinski definition) is 4. The number of aliphatic hydroxyl groups is 1. The number of aromatic nitrogens is 2. The Hall–Kier alpha value is -1.40. The molecule has 0 aliphatic carbocycles. The van der Waals surface area contributed by atoms with Crippen molar-refractivity contribution in [3.8, 4) is 0 Å². The molecule has 1 aliphatic rings. The van der Waals surface area contributed by atoms with Crippen molar-refractivity contribution in [2.24, 2.45) is 0 Å². The van der Waals surface area contributed by atoms with Gasteiger partial charge in [-0.05, 0) is 19.9 Å². The second-order valence-electron chi connectivity index (χ2n) is 4.58. The molecule has 1 aromatic heterocycles. The molecule has 1 amide bonds. The average Bonchev–Trinajstić information content (AvgIpc) is 2.67. The predicted octanol–water partition coefficient (Wildman–Crippen LogP) is -0.280. The molecule has 1 atom stereocenters. The Labute approximate surface area is 106 Å². The Morgan fingerprint density at radius 2 is 2.39 bits per heavy atom. The van der Waals surface area contributed by atoms with Crippen LogP contribution in [0.4, 0.5) is 0 Å². The van der Waals surface area contributed by atoms with Gasteiger partial charge in [-0.25, -0.2) is 0 Å². The third-order valence-electron chi connectivity index (χ3n) is 3.15. The quantitative estimate of drug-likeness (QED) is 0.804. The molecule has 6 nitrogen and oxygen atoms in total. The fourth-order valence-corrected chi connectivity index (χ4v) is 2.19. The van der Waals surface area contributed by atoms with Crippen LogP contribution in [-0.4, -0.2) is 58.1 Å². The zero-order valence-electron chi connectivity index (χ0n) is 10.8. The fraction of sp³-hybridized carbons (Fsp3) is 0.667. The second kappa shape index (κ2) is 5.49. The molecule has 1 N–H and O–H groups in total. The van der Waals surface area contributed by atoms with Crippen LogP contribution in [0.25, 0.3) is 0 Å². The molecule has 0 bridgehead atoms. The number of hydrogen-bond donors (Lipinski definition) is 1. The van der Waals surface area contributed by atoms with E-state index in [9.17, 15) is 9.90 Å². The number of nitrogens with zero attached hydrogens (tertiary/aromatic N) is 3. The maximum Gasteiger partial charge on any atom is 0.244 e. The first-order valence-corrected chi connectivity index (χ1v) is 6.11. The molecule has 18 heavy (non-hydrogen) atoms. The van der Waals surface area contributed by atoms with Gasteiger partial charge in [0.25, 0.3) is 0 Å². The van der Waals surface area contributed by atoms with E-state index in [1.807, 2.05) is 19.9 Å². The van der Waals surface area contributed by atoms with Crippen LogP contribution in [0, 0.1) is 13.8 Å². The van der Waals surface area contributed by atoms with Crippen molar-refractivity contribution in [3.63, 3.8) is 0 Å².